The third-order valence-electron chi connectivity index (χ3n) is 3.21. The van der Waals surface area contributed by atoms with Crippen molar-refractivity contribution in [1.82, 2.24) is 0 Å². The van der Waals surface area contributed by atoms with E-state index in [0.717, 1.165) is 17.1 Å². The van der Waals surface area contributed by atoms with Crippen LogP contribution >= 0.6 is 0 Å². The molecule has 2 aromatic carbocycles. The molecule has 2 aromatic rings. The number of nitrogens with one attached hydrogen (secondary N) is 1. The van der Waals surface area contributed by atoms with E-state index in [2.05, 4.69) is 5.32 Å². The molecule has 4 heteroatoms. The fraction of sp³-hybridized carbons (Fsp3) is 0.133. The SMILES string of the molecule is COc1ccc(N2CNc3ccccc3C2=O)cc1. The van der Waals surface area contributed by atoms with Crippen molar-refractivity contribution in [2.45, 2.75) is 0 Å². The average molecular weight is 254 g/mol. The molecule has 0 fully saturated rings. The van der Waals surface area contributed by atoms with Crippen LogP contribution in [-0.4, -0.2) is 19.7 Å². The van der Waals surface area contributed by atoms with E-state index >= 15 is 0 Å². The highest BCUT2D eigenvalue weighted by Gasteiger charge is 2.24. The molecule has 0 saturated carbocycles. The van der Waals surface area contributed by atoms with Crippen LogP contribution in [0.2, 0.25) is 0 Å². The lowest BCUT2D eigenvalue weighted by Crippen LogP contribution is -2.39. The molecule has 0 unspecified atom stereocenters. The first-order valence-electron chi connectivity index (χ1n) is 6.08. The largest absolute Gasteiger partial charge is 0.497 e. The van der Waals surface area contributed by atoms with Crippen LogP contribution in [0.1, 0.15) is 10.4 Å². The highest BCUT2D eigenvalue weighted by atomic mass is 16.5. The van der Waals surface area contributed by atoms with Gasteiger partial charge < -0.3 is 10.1 Å². The highest BCUT2D eigenvalue weighted by molar-refractivity contribution is 6.11. The predicted molar refractivity (Wildman–Crippen MR) is 74.7 cm³/mol. The number of benzene rings is 2. The predicted octanol–water partition coefficient (Wildman–Crippen LogP) is 2.73. The van der Waals surface area contributed by atoms with Gasteiger partial charge in [-0.15, -0.1) is 0 Å². The van der Waals surface area contributed by atoms with Crippen molar-refractivity contribution < 1.29 is 9.53 Å². The molecule has 3 rings (SSSR count). The number of nitrogens with zero attached hydrogens (tertiary/aromatic N) is 1. The summed E-state index contributed by atoms with van der Waals surface area (Å²) in [5, 5.41) is 3.24. The highest BCUT2D eigenvalue weighted by Crippen LogP contribution is 2.27. The third-order valence-corrected chi connectivity index (χ3v) is 3.21. The quantitative estimate of drug-likeness (QED) is 0.896. The number of ether oxygens (including phenoxy) is 1. The summed E-state index contributed by atoms with van der Waals surface area (Å²) < 4.78 is 5.12. The molecule has 0 aromatic heterocycles. The van der Waals surface area contributed by atoms with Gasteiger partial charge in [-0.3, -0.25) is 9.69 Å². The number of hydrogen-bond donors (Lipinski definition) is 1. The topological polar surface area (TPSA) is 41.6 Å². The van der Waals surface area contributed by atoms with Crippen LogP contribution in [0.4, 0.5) is 11.4 Å². The van der Waals surface area contributed by atoms with E-state index in [1.807, 2.05) is 48.5 Å². The van der Waals surface area contributed by atoms with Gasteiger partial charge in [-0.05, 0) is 36.4 Å². The van der Waals surface area contributed by atoms with E-state index in [4.69, 9.17) is 4.74 Å². The van der Waals surface area contributed by atoms with Gasteiger partial charge in [-0.25, -0.2) is 0 Å². The van der Waals surface area contributed by atoms with Crippen LogP contribution in [0, 0.1) is 0 Å². The van der Waals surface area contributed by atoms with Gasteiger partial charge in [0, 0.05) is 11.4 Å². The van der Waals surface area contributed by atoms with Gasteiger partial charge in [0.05, 0.1) is 19.3 Å². The zero-order valence-corrected chi connectivity index (χ0v) is 10.6. The van der Waals surface area contributed by atoms with Crippen molar-refractivity contribution in [3.63, 3.8) is 0 Å². The van der Waals surface area contributed by atoms with Crippen molar-refractivity contribution in [1.29, 1.82) is 0 Å². The number of carbonyl (C=O) groups excluding carboxylic acids is 1. The first-order chi connectivity index (χ1) is 9.29. The minimum Gasteiger partial charge on any atom is -0.497 e. The van der Waals surface area contributed by atoms with E-state index in [-0.39, 0.29) is 5.91 Å². The Balaban J connectivity index is 1.93. The van der Waals surface area contributed by atoms with Gasteiger partial charge in [-0.2, -0.15) is 0 Å². The Morgan fingerprint density at radius 1 is 1.11 bits per heavy atom. The Bertz CT molecular complexity index is 608. The van der Waals surface area contributed by atoms with Crippen LogP contribution < -0.4 is 15.0 Å². The molecule has 19 heavy (non-hydrogen) atoms. The molecule has 1 N–H and O–H groups in total. The minimum atomic E-state index is 0.0134. The molecule has 4 nitrogen and oxygen atoms in total. The van der Waals surface area contributed by atoms with Gasteiger partial charge in [0.15, 0.2) is 0 Å². The summed E-state index contributed by atoms with van der Waals surface area (Å²) in [6.45, 7) is 0.474. The Morgan fingerprint density at radius 2 is 1.84 bits per heavy atom. The molecule has 0 atom stereocenters. The number of anilines is 2. The first kappa shape index (κ1) is 11.6. The molecule has 1 amide bonds. The second-order valence-electron chi connectivity index (χ2n) is 4.31. The van der Waals surface area contributed by atoms with Crippen molar-refractivity contribution in [3.05, 3.63) is 54.1 Å². The van der Waals surface area contributed by atoms with Crippen LogP contribution in [-0.2, 0) is 0 Å². The molecule has 1 heterocycles. The maximum atomic E-state index is 12.4. The molecule has 0 bridgehead atoms. The molecular weight excluding hydrogens is 240 g/mol. The zero-order valence-electron chi connectivity index (χ0n) is 10.6. The number of hydrogen-bond acceptors (Lipinski definition) is 3. The maximum absolute atomic E-state index is 12.4. The summed E-state index contributed by atoms with van der Waals surface area (Å²) in [5.74, 6) is 0.793. The first-order valence-corrected chi connectivity index (χ1v) is 6.08. The third kappa shape index (κ3) is 2.01. The molecule has 0 aliphatic carbocycles. The maximum Gasteiger partial charge on any atom is 0.261 e. The van der Waals surface area contributed by atoms with Crippen molar-refractivity contribution in [2.24, 2.45) is 0 Å². The fourth-order valence-electron chi connectivity index (χ4n) is 2.18. The van der Waals surface area contributed by atoms with Crippen molar-refractivity contribution >= 4 is 17.3 Å². The number of para-hydroxylation sites is 1. The lowest BCUT2D eigenvalue weighted by Gasteiger charge is -2.29. The van der Waals surface area contributed by atoms with E-state index in [1.54, 1.807) is 12.0 Å². The molecular formula is C15H14N2O2. The Kier molecular flexibility index (Phi) is 2.83. The van der Waals surface area contributed by atoms with E-state index in [0.29, 0.717) is 12.2 Å². The Hall–Kier alpha value is -2.49. The molecule has 0 radical (unpaired) electrons. The average Bonchev–Trinajstić information content (AvgIpc) is 2.48. The Morgan fingerprint density at radius 3 is 2.58 bits per heavy atom. The summed E-state index contributed by atoms with van der Waals surface area (Å²) in [5.41, 5.74) is 2.44. The van der Waals surface area contributed by atoms with Gasteiger partial charge in [0.1, 0.15) is 5.75 Å². The van der Waals surface area contributed by atoms with Crippen molar-refractivity contribution in [3.8, 4) is 5.75 Å². The number of amides is 1. The van der Waals surface area contributed by atoms with E-state index in [9.17, 15) is 4.79 Å². The fourth-order valence-corrected chi connectivity index (χ4v) is 2.18. The van der Waals surface area contributed by atoms with Gasteiger partial charge in [0.25, 0.3) is 5.91 Å². The van der Waals surface area contributed by atoms with Crippen LogP contribution in [0.15, 0.2) is 48.5 Å². The molecule has 0 saturated heterocycles. The van der Waals surface area contributed by atoms with Crippen LogP contribution in [0.25, 0.3) is 0 Å². The second kappa shape index (κ2) is 4.65. The van der Waals surface area contributed by atoms with E-state index < -0.39 is 0 Å². The zero-order chi connectivity index (χ0) is 13.2. The summed E-state index contributed by atoms with van der Waals surface area (Å²) in [7, 11) is 1.62. The molecule has 1 aliphatic heterocycles. The molecule has 1 aliphatic rings. The monoisotopic (exact) mass is 254 g/mol. The van der Waals surface area contributed by atoms with Gasteiger partial charge in [-0.1, -0.05) is 12.1 Å². The number of methoxy groups -OCH3 is 1. The van der Waals surface area contributed by atoms with Gasteiger partial charge in [0.2, 0.25) is 0 Å². The summed E-state index contributed by atoms with van der Waals surface area (Å²) in [6, 6.07) is 15.0. The van der Waals surface area contributed by atoms with E-state index in [1.165, 1.54) is 0 Å². The number of rotatable bonds is 2. The number of carbonyl (C=O) groups is 1. The Labute approximate surface area is 111 Å². The standard InChI is InChI=1S/C15H14N2O2/c1-19-12-8-6-11(7-9-12)17-10-16-14-5-3-2-4-13(14)15(17)18/h2-9,16H,10H2,1H3. The molecule has 0 spiro atoms. The summed E-state index contributed by atoms with van der Waals surface area (Å²) in [6.07, 6.45) is 0. The summed E-state index contributed by atoms with van der Waals surface area (Å²) >= 11 is 0. The van der Waals surface area contributed by atoms with Crippen molar-refractivity contribution in [2.75, 3.05) is 24.0 Å². The lowest BCUT2D eigenvalue weighted by atomic mass is 10.1. The summed E-state index contributed by atoms with van der Waals surface area (Å²) in [4.78, 5) is 14.1. The smallest absolute Gasteiger partial charge is 0.261 e. The normalized spacial score (nSPS) is 13.7. The van der Waals surface area contributed by atoms with Crippen LogP contribution in [0.3, 0.4) is 0 Å². The lowest BCUT2D eigenvalue weighted by molar-refractivity contribution is 0.0986. The number of fused-ring (bicyclic) bond motifs is 1. The minimum absolute atomic E-state index is 0.0134. The molecule has 96 valence electrons. The van der Waals surface area contributed by atoms with Gasteiger partial charge >= 0.3 is 0 Å². The van der Waals surface area contributed by atoms with Crippen LogP contribution in [0.5, 0.6) is 5.75 Å². The second-order valence-corrected chi connectivity index (χ2v) is 4.31.